The van der Waals surface area contributed by atoms with Gasteiger partial charge in [0.1, 0.15) is 17.2 Å². The lowest BCUT2D eigenvalue weighted by molar-refractivity contribution is 0.0959. The van der Waals surface area contributed by atoms with Gasteiger partial charge in [0, 0.05) is 4.90 Å². The number of imide groups is 1. The molecule has 2 aromatic carbocycles. The molecule has 2 N–H and O–H groups in total. The van der Waals surface area contributed by atoms with Crippen LogP contribution in [0.15, 0.2) is 34.1 Å². The summed E-state index contributed by atoms with van der Waals surface area (Å²) in [5.41, 5.74) is -1.50. The van der Waals surface area contributed by atoms with E-state index in [0.29, 0.717) is 0 Å². The Hall–Kier alpha value is -2.20. The van der Waals surface area contributed by atoms with Crippen LogP contribution < -0.4 is 10.6 Å². The summed E-state index contributed by atoms with van der Waals surface area (Å²) in [6.07, 6.45) is 0. The van der Waals surface area contributed by atoms with Gasteiger partial charge in [-0.3, -0.25) is 10.1 Å². The van der Waals surface area contributed by atoms with E-state index < -0.39 is 51.4 Å². The summed E-state index contributed by atoms with van der Waals surface area (Å²) >= 11 is 7.32. The Kier molecular flexibility index (Phi) is 5.40. The fourth-order valence-corrected chi connectivity index (χ4v) is 2.30. The number of urea groups is 1. The van der Waals surface area contributed by atoms with Crippen LogP contribution in [0.5, 0.6) is 0 Å². The van der Waals surface area contributed by atoms with Crippen molar-refractivity contribution in [2.75, 3.05) is 5.32 Å². The highest BCUT2D eigenvalue weighted by molar-refractivity contribution is 7.81. The third-order valence-electron chi connectivity index (χ3n) is 2.82. The largest absolute Gasteiger partial charge is 0.326 e. The number of nitrogens with one attached hydrogen (secondary N) is 2. The molecule has 10 heteroatoms. The van der Waals surface area contributed by atoms with Gasteiger partial charge < -0.3 is 5.32 Å². The molecule has 0 aliphatic rings. The van der Waals surface area contributed by atoms with E-state index in [2.05, 4.69) is 25.3 Å². The summed E-state index contributed by atoms with van der Waals surface area (Å²) in [6, 6.07) is 2.26. The fourth-order valence-electron chi connectivity index (χ4n) is 1.73. The van der Waals surface area contributed by atoms with Gasteiger partial charge in [-0.1, -0.05) is 6.07 Å². The standard InChI is InChI=1S/C14H8F4N2O2S2/c15-5-2-1-3-6(16)9(5)13(21)20-14(22)19-7-4-8(23)11(18)12(24)10(7)17/h1-4,23-24H,(H2,19,20,21,22). The fraction of sp³-hybridized carbons (Fsp3) is 0. The topological polar surface area (TPSA) is 58.2 Å². The van der Waals surface area contributed by atoms with Crippen molar-refractivity contribution in [3.8, 4) is 0 Å². The van der Waals surface area contributed by atoms with Crippen LogP contribution in [0.3, 0.4) is 0 Å². The van der Waals surface area contributed by atoms with E-state index >= 15 is 0 Å². The minimum atomic E-state index is -1.37. The molecule has 0 radical (unpaired) electrons. The SMILES string of the molecule is O=C(NC(=O)c1c(F)cccc1F)Nc1cc(S)c(F)c(S)c1F. The Labute approximate surface area is 144 Å². The summed E-state index contributed by atoms with van der Waals surface area (Å²) < 4.78 is 54.0. The van der Waals surface area contributed by atoms with Crippen molar-refractivity contribution in [3.05, 3.63) is 53.1 Å². The maximum absolute atomic E-state index is 13.8. The van der Waals surface area contributed by atoms with Crippen LogP contribution >= 0.6 is 25.3 Å². The van der Waals surface area contributed by atoms with Crippen LogP contribution in [-0.2, 0) is 0 Å². The van der Waals surface area contributed by atoms with Crippen molar-refractivity contribution in [3.63, 3.8) is 0 Å². The molecule has 0 bridgehead atoms. The molecule has 24 heavy (non-hydrogen) atoms. The number of hydrogen-bond acceptors (Lipinski definition) is 4. The number of benzene rings is 2. The summed E-state index contributed by atoms with van der Waals surface area (Å²) in [5, 5.41) is 3.53. The maximum atomic E-state index is 13.8. The van der Waals surface area contributed by atoms with Crippen molar-refractivity contribution in [2.24, 2.45) is 0 Å². The number of thiol groups is 2. The maximum Gasteiger partial charge on any atom is 0.326 e. The first-order valence-corrected chi connectivity index (χ1v) is 7.08. The Morgan fingerprint density at radius 1 is 0.958 bits per heavy atom. The molecule has 2 rings (SSSR count). The molecule has 126 valence electrons. The molecule has 0 fully saturated rings. The van der Waals surface area contributed by atoms with E-state index in [9.17, 15) is 27.2 Å². The number of hydrogen-bond donors (Lipinski definition) is 4. The lowest BCUT2D eigenvalue weighted by Crippen LogP contribution is -2.35. The van der Waals surface area contributed by atoms with Gasteiger partial charge >= 0.3 is 6.03 Å². The number of carbonyl (C=O) groups is 2. The third kappa shape index (κ3) is 3.65. The first-order valence-electron chi connectivity index (χ1n) is 6.18. The number of carbonyl (C=O) groups excluding carboxylic acids is 2. The van der Waals surface area contributed by atoms with Crippen LogP contribution in [0.4, 0.5) is 28.0 Å². The number of anilines is 1. The van der Waals surface area contributed by atoms with E-state index in [4.69, 9.17) is 0 Å². The molecule has 0 atom stereocenters. The van der Waals surface area contributed by atoms with Gasteiger partial charge in [0.2, 0.25) is 0 Å². The predicted molar refractivity (Wildman–Crippen MR) is 83.7 cm³/mol. The highest BCUT2D eigenvalue weighted by Crippen LogP contribution is 2.29. The number of amides is 3. The quantitative estimate of drug-likeness (QED) is 0.476. The lowest BCUT2D eigenvalue weighted by Gasteiger charge is -2.11. The van der Waals surface area contributed by atoms with Crippen molar-refractivity contribution in [2.45, 2.75) is 9.79 Å². The predicted octanol–water partition coefficient (Wildman–Crippen LogP) is 3.78. The van der Waals surface area contributed by atoms with Crippen molar-refractivity contribution in [1.29, 1.82) is 0 Å². The summed E-state index contributed by atoms with van der Waals surface area (Å²) in [7, 11) is 0. The zero-order valence-corrected chi connectivity index (χ0v) is 13.3. The van der Waals surface area contributed by atoms with Gasteiger partial charge in [0.05, 0.1) is 10.6 Å². The zero-order valence-electron chi connectivity index (χ0n) is 11.5. The molecule has 0 saturated heterocycles. The first-order chi connectivity index (χ1) is 11.2. The second kappa shape index (κ2) is 7.14. The Morgan fingerprint density at radius 3 is 2.12 bits per heavy atom. The molecule has 0 spiro atoms. The van der Waals surface area contributed by atoms with Crippen molar-refractivity contribution >= 4 is 42.9 Å². The summed E-state index contributed by atoms with van der Waals surface area (Å²) in [6.45, 7) is 0. The molecular formula is C14H8F4N2O2S2. The van der Waals surface area contributed by atoms with E-state index in [-0.39, 0.29) is 4.90 Å². The van der Waals surface area contributed by atoms with Crippen molar-refractivity contribution in [1.82, 2.24) is 5.32 Å². The van der Waals surface area contributed by atoms with Crippen LogP contribution in [0.2, 0.25) is 0 Å². The van der Waals surface area contributed by atoms with Gasteiger partial charge in [0.15, 0.2) is 11.6 Å². The van der Waals surface area contributed by atoms with Gasteiger partial charge in [-0.05, 0) is 18.2 Å². The Balaban J connectivity index is 2.19. The molecule has 0 aliphatic carbocycles. The second-order valence-corrected chi connectivity index (χ2v) is 5.35. The lowest BCUT2D eigenvalue weighted by atomic mass is 10.2. The minimum absolute atomic E-state index is 0.303. The molecule has 2 aromatic rings. The average Bonchev–Trinajstić information content (AvgIpc) is 2.50. The van der Waals surface area contributed by atoms with Gasteiger partial charge in [-0.25, -0.2) is 22.4 Å². The van der Waals surface area contributed by atoms with Gasteiger partial charge in [-0.2, -0.15) is 0 Å². The van der Waals surface area contributed by atoms with E-state index in [0.717, 1.165) is 24.3 Å². The summed E-state index contributed by atoms with van der Waals surface area (Å²) in [5.74, 6) is -5.96. The average molecular weight is 376 g/mol. The molecule has 0 saturated carbocycles. The zero-order chi connectivity index (χ0) is 18.0. The first kappa shape index (κ1) is 18.1. The van der Waals surface area contributed by atoms with E-state index in [1.54, 1.807) is 5.32 Å². The Morgan fingerprint density at radius 2 is 1.54 bits per heavy atom. The van der Waals surface area contributed by atoms with Gasteiger partial charge in [-0.15, -0.1) is 25.3 Å². The van der Waals surface area contributed by atoms with Crippen molar-refractivity contribution < 1.29 is 27.2 Å². The number of halogens is 4. The second-order valence-electron chi connectivity index (χ2n) is 4.42. The molecular weight excluding hydrogens is 368 g/mol. The summed E-state index contributed by atoms with van der Waals surface area (Å²) in [4.78, 5) is 22.4. The smallest absolute Gasteiger partial charge is 0.305 e. The van der Waals surface area contributed by atoms with Crippen LogP contribution in [0.25, 0.3) is 0 Å². The minimum Gasteiger partial charge on any atom is -0.305 e. The molecule has 3 amide bonds. The van der Waals surface area contributed by atoms with Crippen LogP contribution in [0, 0.1) is 23.3 Å². The van der Waals surface area contributed by atoms with E-state index in [1.165, 1.54) is 0 Å². The normalized spacial score (nSPS) is 10.4. The highest BCUT2D eigenvalue weighted by atomic mass is 32.1. The monoisotopic (exact) mass is 376 g/mol. The number of rotatable bonds is 2. The van der Waals surface area contributed by atoms with E-state index in [1.807, 2.05) is 5.32 Å². The molecule has 0 unspecified atom stereocenters. The molecule has 0 aliphatic heterocycles. The Bertz CT molecular complexity index is 826. The third-order valence-corrected chi connectivity index (χ3v) is 3.54. The molecule has 4 nitrogen and oxygen atoms in total. The molecule has 0 aromatic heterocycles. The molecule has 0 heterocycles. The van der Waals surface area contributed by atoms with Crippen LogP contribution in [0.1, 0.15) is 10.4 Å². The highest BCUT2D eigenvalue weighted by Gasteiger charge is 2.21. The van der Waals surface area contributed by atoms with Gasteiger partial charge in [0.25, 0.3) is 5.91 Å². The van der Waals surface area contributed by atoms with Crippen LogP contribution in [-0.4, -0.2) is 11.9 Å².